The molecular formula is C22H26N2O7. The summed E-state index contributed by atoms with van der Waals surface area (Å²) in [7, 11) is 1.52. The fourth-order valence-electron chi connectivity index (χ4n) is 2.54. The van der Waals surface area contributed by atoms with Crippen LogP contribution in [0.25, 0.3) is 0 Å². The molecule has 0 atom stereocenters. The fourth-order valence-corrected chi connectivity index (χ4v) is 2.54. The first-order valence-electron chi connectivity index (χ1n) is 9.74. The van der Waals surface area contributed by atoms with Crippen molar-refractivity contribution in [3.8, 4) is 17.2 Å². The van der Waals surface area contributed by atoms with Crippen molar-refractivity contribution < 1.29 is 33.3 Å². The summed E-state index contributed by atoms with van der Waals surface area (Å²) < 4.78 is 20.9. The van der Waals surface area contributed by atoms with Gasteiger partial charge in [-0.3, -0.25) is 14.4 Å². The Bertz CT molecular complexity index is 914. The van der Waals surface area contributed by atoms with Crippen molar-refractivity contribution >= 4 is 23.5 Å². The molecule has 0 bridgehead atoms. The molecule has 31 heavy (non-hydrogen) atoms. The van der Waals surface area contributed by atoms with Gasteiger partial charge in [-0.25, -0.2) is 0 Å². The van der Waals surface area contributed by atoms with E-state index in [1.807, 2.05) is 13.8 Å². The molecule has 166 valence electrons. The van der Waals surface area contributed by atoms with Crippen molar-refractivity contribution in [2.45, 2.75) is 13.8 Å². The SMILES string of the molecule is CCOc1ccc(C(=O)NCC(=O)OCC(=O)Nc2cccc(OC)c2)cc1OCC. The molecule has 2 N–H and O–H groups in total. The number of esters is 1. The zero-order valence-corrected chi connectivity index (χ0v) is 17.7. The first-order valence-corrected chi connectivity index (χ1v) is 9.74. The number of anilines is 1. The second-order valence-corrected chi connectivity index (χ2v) is 6.15. The van der Waals surface area contributed by atoms with E-state index >= 15 is 0 Å². The maximum absolute atomic E-state index is 12.3. The van der Waals surface area contributed by atoms with Gasteiger partial charge in [0.05, 0.1) is 20.3 Å². The number of benzene rings is 2. The molecule has 0 radical (unpaired) electrons. The molecule has 0 aliphatic carbocycles. The molecule has 0 heterocycles. The Morgan fingerprint density at radius 3 is 2.39 bits per heavy atom. The summed E-state index contributed by atoms with van der Waals surface area (Å²) >= 11 is 0. The lowest BCUT2D eigenvalue weighted by Crippen LogP contribution is -2.32. The minimum Gasteiger partial charge on any atom is -0.497 e. The summed E-state index contributed by atoms with van der Waals surface area (Å²) in [5.74, 6) is -0.192. The van der Waals surface area contributed by atoms with E-state index in [4.69, 9.17) is 18.9 Å². The van der Waals surface area contributed by atoms with Crippen LogP contribution < -0.4 is 24.8 Å². The van der Waals surface area contributed by atoms with E-state index in [9.17, 15) is 14.4 Å². The summed E-state index contributed by atoms with van der Waals surface area (Å²) in [6.07, 6.45) is 0. The summed E-state index contributed by atoms with van der Waals surface area (Å²) in [5.41, 5.74) is 0.810. The number of ether oxygens (including phenoxy) is 4. The third kappa shape index (κ3) is 7.54. The first kappa shape index (κ1) is 23.5. The summed E-state index contributed by atoms with van der Waals surface area (Å²) in [5, 5.41) is 5.04. The van der Waals surface area contributed by atoms with Gasteiger partial charge < -0.3 is 29.6 Å². The molecule has 2 aromatic carbocycles. The van der Waals surface area contributed by atoms with Crippen LogP contribution in [0.2, 0.25) is 0 Å². The monoisotopic (exact) mass is 430 g/mol. The smallest absolute Gasteiger partial charge is 0.325 e. The lowest BCUT2D eigenvalue weighted by Gasteiger charge is -2.12. The van der Waals surface area contributed by atoms with E-state index in [-0.39, 0.29) is 6.54 Å². The molecule has 0 saturated heterocycles. The van der Waals surface area contributed by atoms with Crippen LogP contribution in [-0.2, 0) is 14.3 Å². The van der Waals surface area contributed by atoms with E-state index in [1.54, 1.807) is 36.4 Å². The summed E-state index contributed by atoms with van der Waals surface area (Å²) in [4.78, 5) is 36.1. The standard InChI is InChI=1S/C22H26N2O7/c1-4-29-18-10-9-15(11-19(18)30-5-2)22(27)23-13-21(26)31-14-20(25)24-16-7-6-8-17(12-16)28-3/h6-12H,4-5,13-14H2,1-3H3,(H,23,27)(H,24,25). The topological polar surface area (TPSA) is 112 Å². The highest BCUT2D eigenvalue weighted by atomic mass is 16.5. The molecule has 0 aliphatic heterocycles. The fraction of sp³-hybridized carbons (Fsp3) is 0.318. The van der Waals surface area contributed by atoms with Gasteiger partial charge in [0.15, 0.2) is 18.1 Å². The molecular weight excluding hydrogens is 404 g/mol. The van der Waals surface area contributed by atoms with Crippen molar-refractivity contribution in [1.82, 2.24) is 5.32 Å². The number of carbonyl (C=O) groups excluding carboxylic acids is 3. The molecule has 9 heteroatoms. The average molecular weight is 430 g/mol. The maximum atomic E-state index is 12.3. The number of hydrogen-bond acceptors (Lipinski definition) is 7. The van der Waals surface area contributed by atoms with Crippen molar-refractivity contribution in [2.24, 2.45) is 0 Å². The van der Waals surface area contributed by atoms with Crippen LogP contribution in [0.5, 0.6) is 17.2 Å². The summed E-state index contributed by atoms with van der Waals surface area (Å²) in [6, 6.07) is 11.5. The van der Waals surface area contributed by atoms with Crippen molar-refractivity contribution in [3.63, 3.8) is 0 Å². The van der Waals surface area contributed by atoms with Crippen LogP contribution in [0.1, 0.15) is 24.2 Å². The van der Waals surface area contributed by atoms with Crippen LogP contribution in [0, 0.1) is 0 Å². The second kappa shape index (κ2) is 12.1. The van der Waals surface area contributed by atoms with Gasteiger partial charge in [0.1, 0.15) is 12.3 Å². The predicted molar refractivity (Wildman–Crippen MR) is 114 cm³/mol. The highest BCUT2D eigenvalue weighted by Gasteiger charge is 2.14. The molecule has 2 amide bonds. The number of nitrogens with one attached hydrogen (secondary N) is 2. The van der Waals surface area contributed by atoms with Crippen LogP contribution in [0.4, 0.5) is 5.69 Å². The van der Waals surface area contributed by atoms with E-state index < -0.39 is 24.4 Å². The number of hydrogen-bond donors (Lipinski definition) is 2. The molecule has 9 nitrogen and oxygen atoms in total. The Balaban J connectivity index is 1.81. The van der Waals surface area contributed by atoms with Crippen LogP contribution in [-0.4, -0.2) is 51.3 Å². The normalized spacial score (nSPS) is 10.0. The van der Waals surface area contributed by atoms with Gasteiger partial charge in [-0.05, 0) is 44.2 Å². The van der Waals surface area contributed by atoms with Gasteiger partial charge >= 0.3 is 5.97 Å². The van der Waals surface area contributed by atoms with E-state index in [0.29, 0.717) is 41.7 Å². The average Bonchev–Trinajstić information content (AvgIpc) is 2.77. The van der Waals surface area contributed by atoms with Gasteiger partial charge in [0.2, 0.25) is 0 Å². The Morgan fingerprint density at radius 2 is 1.68 bits per heavy atom. The number of amides is 2. The number of methoxy groups -OCH3 is 1. The van der Waals surface area contributed by atoms with Crippen LogP contribution in [0.3, 0.4) is 0 Å². The Hall–Kier alpha value is -3.75. The first-order chi connectivity index (χ1) is 15.0. The highest BCUT2D eigenvalue weighted by Crippen LogP contribution is 2.28. The largest absolute Gasteiger partial charge is 0.497 e. The Kier molecular flexibility index (Phi) is 9.15. The predicted octanol–water partition coefficient (Wildman–Crippen LogP) is 2.40. The molecule has 0 spiro atoms. The lowest BCUT2D eigenvalue weighted by atomic mass is 10.2. The van der Waals surface area contributed by atoms with Gasteiger partial charge in [0, 0.05) is 17.3 Å². The van der Waals surface area contributed by atoms with Crippen molar-refractivity contribution in [2.75, 3.05) is 38.8 Å². The minimum absolute atomic E-state index is 0.301. The van der Waals surface area contributed by atoms with Crippen molar-refractivity contribution in [1.29, 1.82) is 0 Å². The zero-order valence-electron chi connectivity index (χ0n) is 17.7. The van der Waals surface area contributed by atoms with Crippen LogP contribution in [0.15, 0.2) is 42.5 Å². The number of carbonyl (C=O) groups is 3. The van der Waals surface area contributed by atoms with Crippen molar-refractivity contribution in [3.05, 3.63) is 48.0 Å². The number of rotatable bonds is 11. The molecule has 0 fully saturated rings. The molecule has 2 aromatic rings. The van der Waals surface area contributed by atoms with Gasteiger partial charge in [-0.1, -0.05) is 6.07 Å². The maximum Gasteiger partial charge on any atom is 0.325 e. The summed E-state index contributed by atoms with van der Waals surface area (Å²) in [6.45, 7) is 3.67. The Morgan fingerprint density at radius 1 is 0.935 bits per heavy atom. The molecule has 0 aromatic heterocycles. The molecule has 0 aliphatic rings. The van der Waals surface area contributed by atoms with Gasteiger partial charge in [-0.15, -0.1) is 0 Å². The third-order valence-corrected chi connectivity index (χ3v) is 3.92. The minimum atomic E-state index is -0.745. The second-order valence-electron chi connectivity index (χ2n) is 6.15. The highest BCUT2D eigenvalue weighted by molar-refractivity contribution is 5.97. The van der Waals surface area contributed by atoms with E-state index in [2.05, 4.69) is 10.6 Å². The lowest BCUT2D eigenvalue weighted by molar-refractivity contribution is -0.146. The van der Waals surface area contributed by atoms with Gasteiger partial charge in [0.25, 0.3) is 11.8 Å². The molecule has 0 saturated carbocycles. The van der Waals surface area contributed by atoms with E-state index in [0.717, 1.165) is 0 Å². The molecule has 2 rings (SSSR count). The van der Waals surface area contributed by atoms with Crippen LogP contribution >= 0.6 is 0 Å². The zero-order chi connectivity index (χ0) is 22.6. The third-order valence-electron chi connectivity index (χ3n) is 3.92. The Labute approximate surface area is 180 Å². The quantitative estimate of drug-likeness (QED) is 0.527. The van der Waals surface area contributed by atoms with Gasteiger partial charge in [-0.2, -0.15) is 0 Å². The molecule has 0 unspecified atom stereocenters. The van der Waals surface area contributed by atoms with E-state index in [1.165, 1.54) is 13.2 Å².